The Morgan fingerprint density at radius 2 is 1.94 bits per heavy atom. The molecule has 0 aromatic heterocycles. The van der Waals surface area contributed by atoms with Crippen LogP contribution in [0.2, 0.25) is 0 Å². The Balaban J connectivity index is 2.09. The fourth-order valence-electron chi connectivity index (χ4n) is 1.93. The average Bonchev–Trinajstić information content (AvgIpc) is 2.29. The van der Waals surface area contributed by atoms with Gasteiger partial charge in [0.05, 0.1) is 0 Å². The lowest BCUT2D eigenvalue weighted by molar-refractivity contribution is 0.294. The van der Waals surface area contributed by atoms with Crippen LogP contribution in [0.1, 0.15) is 5.56 Å². The molecule has 6 heteroatoms. The number of halogens is 1. The Kier molecular flexibility index (Phi) is 4.45. The van der Waals surface area contributed by atoms with Gasteiger partial charge in [0.1, 0.15) is 5.82 Å². The summed E-state index contributed by atoms with van der Waals surface area (Å²) >= 11 is 1.92. The van der Waals surface area contributed by atoms with Gasteiger partial charge >= 0.3 is 7.12 Å². The summed E-state index contributed by atoms with van der Waals surface area (Å²) in [5, 5.41) is 18.1. The molecular weight excluding hydrogens is 240 g/mol. The maximum atomic E-state index is 13.3. The molecule has 3 nitrogen and oxygen atoms in total. The third-order valence-corrected chi connectivity index (χ3v) is 3.73. The van der Waals surface area contributed by atoms with Crippen molar-refractivity contribution in [2.75, 3.05) is 24.6 Å². The van der Waals surface area contributed by atoms with Crippen molar-refractivity contribution in [3.8, 4) is 0 Å². The molecule has 1 aromatic carbocycles. The van der Waals surface area contributed by atoms with Gasteiger partial charge in [-0.1, -0.05) is 6.07 Å². The number of nitrogens with zero attached hydrogens (tertiary/aromatic N) is 1. The van der Waals surface area contributed by atoms with Gasteiger partial charge in [-0.25, -0.2) is 4.39 Å². The van der Waals surface area contributed by atoms with Gasteiger partial charge in [-0.2, -0.15) is 11.8 Å². The molecule has 17 heavy (non-hydrogen) atoms. The van der Waals surface area contributed by atoms with Crippen molar-refractivity contribution in [3.63, 3.8) is 0 Å². The van der Waals surface area contributed by atoms with E-state index in [4.69, 9.17) is 10.0 Å². The molecule has 0 amide bonds. The smallest absolute Gasteiger partial charge is 0.423 e. The molecule has 1 heterocycles. The molecule has 2 rings (SSSR count). The summed E-state index contributed by atoms with van der Waals surface area (Å²) in [6.07, 6.45) is 0. The van der Waals surface area contributed by atoms with Crippen molar-refractivity contribution in [1.82, 2.24) is 4.90 Å². The van der Waals surface area contributed by atoms with Crippen molar-refractivity contribution >= 4 is 24.3 Å². The lowest BCUT2D eigenvalue weighted by atomic mass is 9.79. The number of hydrogen-bond donors (Lipinski definition) is 2. The average molecular weight is 255 g/mol. The Hall–Kier alpha value is -0.555. The zero-order chi connectivity index (χ0) is 12.3. The maximum Gasteiger partial charge on any atom is 0.488 e. The van der Waals surface area contributed by atoms with E-state index in [-0.39, 0.29) is 5.46 Å². The Morgan fingerprint density at radius 3 is 2.59 bits per heavy atom. The third-order valence-electron chi connectivity index (χ3n) is 2.79. The molecule has 0 aliphatic carbocycles. The molecule has 0 saturated carbocycles. The molecule has 2 N–H and O–H groups in total. The van der Waals surface area contributed by atoms with E-state index in [1.807, 2.05) is 11.8 Å². The summed E-state index contributed by atoms with van der Waals surface area (Å²) < 4.78 is 13.3. The van der Waals surface area contributed by atoms with Crippen LogP contribution in [0.25, 0.3) is 0 Å². The minimum absolute atomic E-state index is 0.214. The lowest BCUT2D eigenvalue weighted by Crippen LogP contribution is -2.34. The highest BCUT2D eigenvalue weighted by atomic mass is 32.2. The second-order valence-electron chi connectivity index (χ2n) is 4.16. The fraction of sp³-hybridized carbons (Fsp3) is 0.455. The van der Waals surface area contributed by atoms with E-state index in [0.29, 0.717) is 6.54 Å². The van der Waals surface area contributed by atoms with Crippen LogP contribution < -0.4 is 5.46 Å². The summed E-state index contributed by atoms with van der Waals surface area (Å²) in [6, 6.07) is 4.25. The number of benzene rings is 1. The zero-order valence-corrected chi connectivity index (χ0v) is 10.3. The summed E-state index contributed by atoms with van der Waals surface area (Å²) in [6.45, 7) is 2.66. The largest absolute Gasteiger partial charge is 0.488 e. The quantitative estimate of drug-likeness (QED) is 0.749. The molecule has 1 saturated heterocycles. The highest BCUT2D eigenvalue weighted by Crippen LogP contribution is 2.13. The highest BCUT2D eigenvalue weighted by Gasteiger charge is 2.15. The maximum absolute atomic E-state index is 13.3. The topological polar surface area (TPSA) is 43.7 Å². The molecule has 0 bridgehead atoms. The Labute approximate surface area is 105 Å². The normalized spacial score (nSPS) is 17.1. The zero-order valence-electron chi connectivity index (χ0n) is 9.47. The van der Waals surface area contributed by atoms with Gasteiger partial charge in [-0.15, -0.1) is 0 Å². The third kappa shape index (κ3) is 3.71. The van der Waals surface area contributed by atoms with Crippen LogP contribution in [-0.2, 0) is 6.54 Å². The lowest BCUT2D eigenvalue weighted by Gasteiger charge is -2.26. The van der Waals surface area contributed by atoms with Crippen LogP contribution in [0, 0.1) is 5.82 Å². The van der Waals surface area contributed by atoms with E-state index < -0.39 is 12.9 Å². The van der Waals surface area contributed by atoms with E-state index in [9.17, 15) is 4.39 Å². The van der Waals surface area contributed by atoms with Crippen LogP contribution in [0.3, 0.4) is 0 Å². The molecule has 1 aliphatic heterocycles. The van der Waals surface area contributed by atoms with Crippen molar-refractivity contribution in [1.29, 1.82) is 0 Å². The van der Waals surface area contributed by atoms with E-state index in [0.717, 1.165) is 36.2 Å². The molecule has 92 valence electrons. The molecule has 1 fully saturated rings. The first kappa shape index (κ1) is 12.9. The van der Waals surface area contributed by atoms with Crippen molar-refractivity contribution in [2.24, 2.45) is 0 Å². The van der Waals surface area contributed by atoms with E-state index >= 15 is 0 Å². The van der Waals surface area contributed by atoms with Crippen molar-refractivity contribution in [3.05, 3.63) is 29.6 Å². The summed E-state index contributed by atoms with van der Waals surface area (Å²) in [5.41, 5.74) is 1.01. The van der Waals surface area contributed by atoms with Crippen LogP contribution >= 0.6 is 11.8 Å². The standard InChI is InChI=1S/C11H15BFNO2S/c13-11-6-9(5-10(7-11)12(15)16)8-14-1-3-17-4-2-14/h5-7,15-16H,1-4,8H2. The molecule has 0 atom stereocenters. The van der Waals surface area contributed by atoms with Crippen molar-refractivity contribution in [2.45, 2.75) is 6.54 Å². The summed E-state index contributed by atoms with van der Waals surface area (Å²) in [7, 11) is -1.61. The van der Waals surface area contributed by atoms with Crippen LogP contribution in [-0.4, -0.2) is 46.7 Å². The second-order valence-corrected chi connectivity index (χ2v) is 5.38. The second kappa shape index (κ2) is 5.86. The first-order chi connectivity index (χ1) is 8.15. The molecular formula is C11H15BFNO2S. The minimum atomic E-state index is -1.61. The summed E-state index contributed by atoms with van der Waals surface area (Å²) in [4.78, 5) is 2.25. The van der Waals surface area contributed by atoms with Gasteiger partial charge in [0, 0.05) is 31.1 Å². The number of rotatable bonds is 3. The van der Waals surface area contributed by atoms with Crippen LogP contribution in [0.5, 0.6) is 0 Å². The van der Waals surface area contributed by atoms with Crippen LogP contribution in [0.4, 0.5) is 4.39 Å². The monoisotopic (exact) mass is 255 g/mol. The van der Waals surface area contributed by atoms with Crippen molar-refractivity contribution < 1.29 is 14.4 Å². The molecule has 0 radical (unpaired) electrons. The Bertz CT molecular complexity index is 386. The SMILES string of the molecule is OB(O)c1cc(F)cc(CN2CCSCC2)c1. The van der Waals surface area contributed by atoms with Gasteiger partial charge in [0.2, 0.25) is 0 Å². The molecule has 1 aliphatic rings. The molecule has 0 unspecified atom stereocenters. The first-order valence-electron chi connectivity index (χ1n) is 5.61. The summed E-state index contributed by atoms with van der Waals surface area (Å²) in [5.74, 6) is 1.78. The van der Waals surface area contributed by atoms with E-state index in [2.05, 4.69) is 4.90 Å². The van der Waals surface area contributed by atoms with E-state index in [1.54, 1.807) is 6.07 Å². The predicted octanol–water partition coefficient (Wildman–Crippen LogP) is 0.0543. The fourth-order valence-corrected chi connectivity index (χ4v) is 2.91. The Morgan fingerprint density at radius 1 is 1.24 bits per heavy atom. The van der Waals surface area contributed by atoms with Gasteiger partial charge in [0.25, 0.3) is 0 Å². The molecule has 1 aromatic rings. The van der Waals surface area contributed by atoms with Gasteiger partial charge in [-0.05, 0) is 23.2 Å². The highest BCUT2D eigenvalue weighted by molar-refractivity contribution is 7.99. The predicted molar refractivity (Wildman–Crippen MR) is 68.8 cm³/mol. The first-order valence-corrected chi connectivity index (χ1v) is 6.76. The van der Waals surface area contributed by atoms with E-state index in [1.165, 1.54) is 6.07 Å². The number of hydrogen-bond acceptors (Lipinski definition) is 4. The molecule has 0 spiro atoms. The number of thioether (sulfide) groups is 1. The minimum Gasteiger partial charge on any atom is -0.423 e. The van der Waals surface area contributed by atoms with Gasteiger partial charge in [-0.3, -0.25) is 4.90 Å². The van der Waals surface area contributed by atoms with Gasteiger partial charge < -0.3 is 10.0 Å². The van der Waals surface area contributed by atoms with Crippen LogP contribution in [0.15, 0.2) is 18.2 Å². The van der Waals surface area contributed by atoms with Gasteiger partial charge in [0.15, 0.2) is 0 Å².